The van der Waals surface area contributed by atoms with E-state index in [0.29, 0.717) is 21.4 Å². The van der Waals surface area contributed by atoms with Crippen LogP contribution in [0.25, 0.3) is 16.9 Å². The monoisotopic (exact) mass is 360 g/mol. The summed E-state index contributed by atoms with van der Waals surface area (Å²) in [7, 11) is 0. The summed E-state index contributed by atoms with van der Waals surface area (Å²) in [5.41, 5.74) is 4.96. The predicted molar refractivity (Wildman–Crippen MR) is 95.1 cm³/mol. The molecule has 0 aliphatic carbocycles. The van der Waals surface area contributed by atoms with Crippen LogP contribution in [0.4, 0.5) is 0 Å². The van der Waals surface area contributed by atoms with Crippen molar-refractivity contribution in [2.45, 2.75) is 6.42 Å². The fourth-order valence-electron chi connectivity index (χ4n) is 2.38. The molecule has 3 N–H and O–H groups in total. The number of hydrogen-bond donors (Lipinski definition) is 2. The Bertz CT molecular complexity index is 860. The summed E-state index contributed by atoms with van der Waals surface area (Å²) < 4.78 is 1.60. The zero-order chi connectivity index (χ0) is 17.1. The topological polar surface area (TPSA) is 72.9 Å². The third-order valence-corrected chi connectivity index (χ3v) is 4.18. The summed E-state index contributed by atoms with van der Waals surface area (Å²) in [5, 5.41) is 5.58. The number of nitrogens with one attached hydrogen (secondary N) is 1. The lowest BCUT2D eigenvalue weighted by atomic mass is 10.1. The Kier molecular flexibility index (Phi) is 4.85. The van der Waals surface area contributed by atoms with Gasteiger partial charge in [-0.3, -0.25) is 10.2 Å². The molecule has 3 rings (SSSR count). The molecule has 3 aromatic rings. The average Bonchev–Trinajstić information content (AvgIpc) is 2.93. The quantitative estimate of drug-likeness (QED) is 0.425. The van der Waals surface area contributed by atoms with Crippen LogP contribution in [-0.4, -0.2) is 15.7 Å². The molecular weight excluding hydrogens is 347 g/mol. The molecule has 0 saturated carbocycles. The highest BCUT2D eigenvalue weighted by molar-refractivity contribution is 6.31. The second-order valence-corrected chi connectivity index (χ2v) is 5.91. The van der Waals surface area contributed by atoms with Crippen LogP contribution < -0.4 is 11.3 Å². The van der Waals surface area contributed by atoms with Gasteiger partial charge in [0.15, 0.2) is 0 Å². The van der Waals surface area contributed by atoms with E-state index in [1.54, 1.807) is 16.8 Å². The molecule has 7 heteroatoms. The highest BCUT2D eigenvalue weighted by Gasteiger charge is 2.20. The van der Waals surface area contributed by atoms with Gasteiger partial charge in [0.25, 0.3) is 0 Å². The van der Waals surface area contributed by atoms with Crippen LogP contribution in [0.5, 0.6) is 0 Å². The summed E-state index contributed by atoms with van der Waals surface area (Å²) in [5.74, 6) is 4.86. The maximum atomic E-state index is 11.8. The molecule has 1 heterocycles. The standard InChI is InChI=1S/C17H14Cl2N4O/c18-12-8-6-11(7-9-12)16-14(10-15(24)21-20)17(19)23(22-16)13-4-2-1-3-5-13/h1-9H,10,20H2,(H,21,24). The maximum Gasteiger partial charge on any atom is 0.238 e. The van der Waals surface area contributed by atoms with Crippen molar-refractivity contribution in [3.8, 4) is 16.9 Å². The van der Waals surface area contributed by atoms with Crippen LogP contribution in [0, 0.1) is 0 Å². The SMILES string of the molecule is NNC(=O)Cc1c(-c2ccc(Cl)cc2)nn(-c2ccccc2)c1Cl. The number of amides is 1. The van der Waals surface area contributed by atoms with Crippen molar-refractivity contribution in [1.82, 2.24) is 15.2 Å². The molecule has 0 atom stereocenters. The Morgan fingerprint density at radius 3 is 2.38 bits per heavy atom. The average molecular weight is 361 g/mol. The van der Waals surface area contributed by atoms with Gasteiger partial charge in [0.1, 0.15) is 5.15 Å². The van der Waals surface area contributed by atoms with Crippen LogP contribution in [0.2, 0.25) is 10.2 Å². The van der Waals surface area contributed by atoms with Crippen molar-refractivity contribution in [2.24, 2.45) is 5.84 Å². The van der Waals surface area contributed by atoms with E-state index in [1.807, 2.05) is 42.5 Å². The van der Waals surface area contributed by atoms with E-state index in [1.165, 1.54) is 0 Å². The minimum Gasteiger partial charge on any atom is -0.294 e. The number of para-hydroxylation sites is 1. The van der Waals surface area contributed by atoms with E-state index in [-0.39, 0.29) is 12.3 Å². The third kappa shape index (κ3) is 3.28. The van der Waals surface area contributed by atoms with Gasteiger partial charge in [-0.15, -0.1) is 0 Å². The fourth-order valence-corrected chi connectivity index (χ4v) is 2.80. The number of hydrazine groups is 1. The van der Waals surface area contributed by atoms with Gasteiger partial charge >= 0.3 is 0 Å². The molecule has 1 aromatic heterocycles. The zero-order valence-corrected chi connectivity index (χ0v) is 14.1. The van der Waals surface area contributed by atoms with Gasteiger partial charge in [-0.25, -0.2) is 10.5 Å². The smallest absolute Gasteiger partial charge is 0.238 e. The maximum absolute atomic E-state index is 11.8. The van der Waals surface area contributed by atoms with Gasteiger partial charge in [0.05, 0.1) is 17.8 Å². The number of benzene rings is 2. The summed E-state index contributed by atoms with van der Waals surface area (Å²) >= 11 is 12.4. The first-order valence-electron chi connectivity index (χ1n) is 7.18. The van der Waals surface area contributed by atoms with E-state index in [0.717, 1.165) is 11.3 Å². The number of nitrogens with zero attached hydrogens (tertiary/aromatic N) is 2. The zero-order valence-electron chi connectivity index (χ0n) is 12.5. The number of nitrogens with two attached hydrogens (primary N) is 1. The van der Waals surface area contributed by atoms with E-state index in [4.69, 9.17) is 29.0 Å². The van der Waals surface area contributed by atoms with Gasteiger partial charge < -0.3 is 0 Å². The number of hydrogen-bond acceptors (Lipinski definition) is 3. The molecule has 0 unspecified atom stereocenters. The highest BCUT2D eigenvalue weighted by Crippen LogP contribution is 2.31. The molecule has 2 aromatic carbocycles. The van der Waals surface area contributed by atoms with Crippen molar-refractivity contribution in [1.29, 1.82) is 0 Å². The first kappa shape index (κ1) is 16.5. The van der Waals surface area contributed by atoms with Crippen LogP contribution in [0.3, 0.4) is 0 Å². The lowest BCUT2D eigenvalue weighted by molar-refractivity contribution is -0.120. The minimum absolute atomic E-state index is 0.0279. The molecule has 0 bridgehead atoms. The molecule has 5 nitrogen and oxygen atoms in total. The molecule has 0 radical (unpaired) electrons. The number of carbonyl (C=O) groups excluding carboxylic acids is 1. The van der Waals surface area contributed by atoms with Crippen molar-refractivity contribution in [2.75, 3.05) is 0 Å². The Hall–Kier alpha value is -2.34. The number of aromatic nitrogens is 2. The van der Waals surface area contributed by atoms with Crippen LogP contribution in [0.15, 0.2) is 54.6 Å². The third-order valence-electron chi connectivity index (χ3n) is 3.54. The van der Waals surface area contributed by atoms with E-state index in [2.05, 4.69) is 10.5 Å². The van der Waals surface area contributed by atoms with Gasteiger partial charge in [0, 0.05) is 16.1 Å². The lowest BCUT2D eigenvalue weighted by Gasteiger charge is -2.03. The second-order valence-electron chi connectivity index (χ2n) is 5.12. The molecule has 0 aliphatic heterocycles. The second kappa shape index (κ2) is 7.05. The molecule has 0 fully saturated rings. The largest absolute Gasteiger partial charge is 0.294 e. The first-order chi connectivity index (χ1) is 11.6. The molecule has 24 heavy (non-hydrogen) atoms. The Morgan fingerprint density at radius 1 is 1.08 bits per heavy atom. The fraction of sp³-hybridized carbons (Fsp3) is 0.0588. The number of halogens is 2. The molecular formula is C17H14Cl2N4O. The molecule has 122 valence electrons. The van der Waals surface area contributed by atoms with E-state index >= 15 is 0 Å². The van der Waals surface area contributed by atoms with Crippen LogP contribution in [-0.2, 0) is 11.2 Å². The van der Waals surface area contributed by atoms with Gasteiger partial charge in [-0.1, -0.05) is 53.5 Å². The van der Waals surface area contributed by atoms with Crippen molar-refractivity contribution in [3.05, 3.63) is 70.3 Å². The van der Waals surface area contributed by atoms with E-state index in [9.17, 15) is 4.79 Å². The van der Waals surface area contributed by atoms with Gasteiger partial charge in [-0.05, 0) is 24.3 Å². The number of carbonyl (C=O) groups is 1. The Balaban J connectivity index is 2.15. The Labute approximate surface area is 149 Å². The lowest BCUT2D eigenvalue weighted by Crippen LogP contribution is -2.31. The van der Waals surface area contributed by atoms with Gasteiger partial charge in [0.2, 0.25) is 5.91 Å². The minimum atomic E-state index is -0.347. The highest BCUT2D eigenvalue weighted by atomic mass is 35.5. The normalized spacial score (nSPS) is 10.6. The van der Waals surface area contributed by atoms with Gasteiger partial charge in [-0.2, -0.15) is 5.10 Å². The van der Waals surface area contributed by atoms with Crippen LogP contribution >= 0.6 is 23.2 Å². The Morgan fingerprint density at radius 2 is 1.75 bits per heavy atom. The summed E-state index contributed by atoms with van der Waals surface area (Å²) in [4.78, 5) is 11.8. The molecule has 0 spiro atoms. The first-order valence-corrected chi connectivity index (χ1v) is 7.94. The predicted octanol–water partition coefficient (Wildman–Crippen LogP) is 3.38. The van der Waals surface area contributed by atoms with Crippen LogP contribution in [0.1, 0.15) is 5.56 Å². The molecule has 0 saturated heterocycles. The van der Waals surface area contributed by atoms with Crippen molar-refractivity contribution in [3.63, 3.8) is 0 Å². The summed E-state index contributed by atoms with van der Waals surface area (Å²) in [6.07, 6.45) is 0.0279. The molecule has 1 amide bonds. The van der Waals surface area contributed by atoms with E-state index < -0.39 is 0 Å². The van der Waals surface area contributed by atoms with Crippen molar-refractivity contribution < 1.29 is 4.79 Å². The summed E-state index contributed by atoms with van der Waals surface area (Å²) in [6.45, 7) is 0. The molecule has 0 aliphatic rings. The summed E-state index contributed by atoms with van der Waals surface area (Å²) in [6, 6.07) is 16.7. The van der Waals surface area contributed by atoms with Crippen molar-refractivity contribution >= 4 is 29.1 Å². The number of rotatable bonds is 4.